The summed E-state index contributed by atoms with van der Waals surface area (Å²) >= 11 is 0. The molecule has 0 saturated carbocycles. The lowest BCUT2D eigenvalue weighted by Crippen LogP contribution is -2.35. The van der Waals surface area contributed by atoms with Crippen LogP contribution in [0.5, 0.6) is 11.5 Å². The molecule has 0 bridgehead atoms. The predicted molar refractivity (Wildman–Crippen MR) is 76.3 cm³/mol. The molecule has 9 heteroatoms. The van der Waals surface area contributed by atoms with Gasteiger partial charge in [0.25, 0.3) is 17.5 Å². The fourth-order valence-corrected chi connectivity index (χ4v) is 2.63. The average molecular weight is 330 g/mol. The molecule has 0 aromatic heterocycles. The second-order valence-electron chi connectivity index (χ2n) is 5.32. The van der Waals surface area contributed by atoms with Gasteiger partial charge in [-0.1, -0.05) is 0 Å². The SMILES string of the molecule is COc1cc(C(=O)N2CC(F)(F)C[C@H]2C)c([N+](=O)[O-])cc1OC. The molecule has 0 spiro atoms. The number of hydrogen-bond acceptors (Lipinski definition) is 5. The highest BCUT2D eigenvalue weighted by Crippen LogP contribution is 2.38. The summed E-state index contributed by atoms with van der Waals surface area (Å²) in [6.45, 7) is 0.712. The van der Waals surface area contributed by atoms with Gasteiger partial charge in [0.05, 0.1) is 31.8 Å². The second kappa shape index (κ2) is 5.98. The Morgan fingerprint density at radius 2 is 1.91 bits per heavy atom. The van der Waals surface area contributed by atoms with Crippen molar-refractivity contribution >= 4 is 11.6 Å². The molecule has 1 amide bonds. The molecule has 23 heavy (non-hydrogen) atoms. The van der Waals surface area contributed by atoms with Crippen molar-refractivity contribution in [3.63, 3.8) is 0 Å². The Hall–Kier alpha value is -2.45. The molecular formula is C14H16F2N2O5. The Morgan fingerprint density at radius 3 is 2.35 bits per heavy atom. The molecule has 1 fully saturated rings. The summed E-state index contributed by atoms with van der Waals surface area (Å²) in [5.74, 6) is -3.64. The van der Waals surface area contributed by atoms with E-state index >= 15 is 0 Å². The molecule has 1 aliphatic rings. The smallest absolute Gasteiger partial charge is 0.286 e. The minimum Gasteiger partial charge on any atom is -0.493 e. The quantitative estimate of drug-likeness (QED) is 0.626. The minimum atomic E-state index is -3.00. The van der Waals surface area contributed by atoms with Gasteiger partial charge in [0, 0.05) is 18.5 Å². The normalized spacial score (nSPS) is 19.5. The lowest BCUT2D eigenvalue weighted by Gasteiger charge is -2.21. The molecule has 1 atom stereocenters. The maximum absolute atomic E-state index is 13.5. The number of hydrogen-bond donors (Lipinski definition) is 0. The van der Waals surface area contributed by atoms with Gasteiger partial charge in [-0.25, -0.2) is 8.78 Å². The van der Waals surface area contributed by atoms with Gasteiger partial charge in [-0.3, -0.25) is 14.9 Å². The Bertz CT molecular complexity index is 650. The largest absolute Gasteiger partial charge is 0.493 e. The van der Waals surface area contributed by atoms with Crippen molar-refractivity contribution in [1.82, 2.24) is 4.90 Å². The average Bonchev–Trinajstić information content (AvgIpc) is 2.77. The number of nitrogens with zero attached hydrogens (tertiary/aromatic N) is 2. The molecular weight excluding hydrogens is 314 g/mol. The number of halogens is 2. The van der Waals surface area contributed by atoms with Crippen molar-refractivity contribution in [3.05, 3.63) is 27.8 Å². The van der Waals surface area contributed by atoms with E-state index in [-0.39, 0.29) is 17.1 Å². The number of likely N-dealkylation sites (tertiary alicyclic amines) is 1. The van der Waals surface area contributed by atoms with Crippen molar-refractivity contribution in [2.24, 2.45) is 0 Å². The zero-order valence-corrected chi connectivity index (χ0v) is 12.8. The van der Waals surface area contributed by atoms with Crippen molar-refractivity contribution in [2.45, 2.75) is 25.3 Å². The summed E-state index contributed by atoms with van der Waals surface area (Å²) in [5, 5.41) is 11.2. The Morgan fingerprint density at radius 1 is 1.35 bits per heavy atom. The third kappa shape index (κ3) is 3.17. The molecule has 1 heterocycles. The number of ether oxygens (including phenoxy) is 2. The van der Waals surface area contributed by atoms with Crippen molar-refractivity contribution in [1.29, 1.82) is 0 Å². The van der Waals surface area contributed by atoms with Crippen LogP contribution in [0.3, 0.4) is 0 Å². The monoisotopic (exact) mass is 330 g/mol. The van der Waals surface area contributed by atoms with Crippen molar-refractivity contribution in [3.8, 4) is 11.5 Å². The van der Waals surface area contributed by atoms with Crippen LogP contribution in [0.25, 0.3) is 0 Å². The van der Waals surface area contributed by atoms with Gasteiger partial charge < -0.3 is 14.4 Å². The predicted octanol–water partition coefficient (Wildman–Crippen LogP) is 2.48. The van der Waals surface area contributed by atoms with Gasteiger partial charge in [0.15, 0.2) is 11.5 Å². The summed E-state index contributed by atoms with van der Waals surface area (Å²) in [6.07, 6.45) is -0.472. The van der Waals surface area contributed by atoms with E-state index in [1.54, 1.807) is 0 Å². The van der Waals surface area contributed by atoms with Crippen LogP contribution in [-0.2, 0) is 0 Å². The first kappa shape index (κ1) is 16.9. The zero-order valence-electron chi connectivity index (χ0n) is 12.8. The van der Waals surface area contributed by atoms with Crippen LogP contribution in [0.1, 0.15) is 23.7 Å². The Balaban J connectivity index is 2.49. The lowest BCUT2D eigenvalue weighted by atomic mass is 10.1. The number of nitro benzene ring substituents is 1. The summed E-state index contributed by atoms with van der Waals surface area (Å²) in [4.78, 5) is 23.9. The third-order valence-corrected chi connectivity index (χ3v) is 3.72. The van der Waals surface area contributed by atoms with E-state index in [0.717, 1.165) is 17.0 Å². The van der Waals surface area contributed by atoms with E-state index in [4.69, 9.17) is 9.47 Å². The van der Waals surface area contributed by atoms with E-state index in [2.05, 4.69) is 0 Å². The van der Waals surface area contributed by atoms with Gasteiger partial charge in [-0.05, 0) is 6.92 Å². The first-order chi connectivity index (χ1) is 10.7. The highest BCUT2D eigenvalue weighted by Gasteiger charge is 2.46. The summed E-state index contributed by atoms with van der Waals surface area (Å²) < 4.78 is 36.9. The molecule has 7 nitrogen and oxygen atoms in total. The molecule has 126 valence electrons. The van der Waals surface area contributed by atoms with Crippen LogP contribution in [0.15, 0.2) is 12.1 Å². The molecule has 1 saturated heterocycles. The molecule has 2 rings (SSSR count). The molecule has 0 aliphatic carbocycles. The van der Waals surface area contributed by atoms with Gasteiger partial charge in [0.2, 0.25) is 0 Å². The lowest BCUT2D eigenvalue weighted by molar-refractivity contribution is -0.385. The van der Waals surface area contributed by atoms with E-state index in [1.165, 1.54) is 21.1 Å². The van der Waals surface area contributed by atoms with Gasteiger partial charge in [-0.15, -0.1) is 0 Å². The number of carbonyl (C=O) groups is 1. The Kier molecular flexibility index (Phi) is 4.39. The third-order valence-electron chi connectivity index (χ3n) is 3.72. The minimum absolute atomic E-state index is 0.0792. The van der Waals surface area contributed by atoms with Crippen LogP contribution < -0.4 is 9.47 Å². The van der Waals surface area contributed by atoms with E-state index in [1.807, 2.05) is 0 Å². The first-order valence-electron chi connectivity index (χ1n) is 6.79. The highest BCUT2D eigenvalue weighted by atomic mass is 19.3. The summed E-state index contributed by atoms with van der Waals surface area (Å²) in [7, 11) is 2.61. The number of methoxy groups -OCH3 is 2. The first-order valence-corrected chi connectivity index (χ1v) is 6.79. The zero-order chi connectivity index (χ0) is 17.4. The summed E-state index contributed by atoms with van der Waals surface area (Å²) in [5.41, 5.74) is -0.827. The molecule has 0 N–H and O–H groups in total. The van der Waals surface area contributed by atoms with E-state index in [9.17, 15) is 23.7 Å². The highest BCUT2D eigenvalue weighted by molar-refractivity contribution is 5.99. The maximum Gasteiger partial charge on any atom is 0.286 e. The molecule has 0 unspecified atom stereocenters. The van der Waals surface area contributed by atoms with E-state index in [0.29, 0.717) is 0 Å². The fraction of sp³-hybridized carbons (Fsp3) is 0.500. The Labute approximate surface area is 130 Å². The summed E-state index contributed by atoms with van der Waals surface area (Å²) in [6, 6.07) is 1.47. The second-order valence-corrected chi connectivity index (χ2v) is 5.32. The van der Waals surface area contributed by atoms with Crippen LogP contribution in [0.2, 0.25) is 0 Å². The molecule has 0 radical (unpaired) electrons. The maximum atomic E-state index is 13.5. The van der Waals surface area contributed by atoms with Crippen LogP contribution in [0, 0.1) is 10.1 Å². The van der Waals surface area contributed by atoms with Gasteiger partial charge in [0.1, 0.15) is 5.56 Å². The standard InChI is InChI=1S/C14H16F2N2O5/c1-8-6-14(15,16)7-17(8)13(19)9-4-11(22-2)12(23-3)5-10(9)18(20)21/h4-5,8H,6-7H2,1-3H3/t8-/m1/s1. The van der Waals surface area contributed by atoms with Crippen LogP contribution in [-0.4, -0.2) is 48.5 Å². The van der Waals surface area contributed by atoms with Crippen molar-refractivity contribution < 1.29 is 28.0 Å². The number of nitro groups is 1. The van der Waals surface area contributed by atoms with Gasteiger partial charge in [-0.2, -0.15) is 0 Å². The molecule has 1 aromatic rings. The fourth-order valence-electron chi connectivity index (χ4n) is 2.63. The van der Waals surface area contributed by atoms with E-state index < -0.39 is 41.4 Å². The number of amides is 1. The number of alkyl halides is 2. The topological polar surface area (TPSA) is 81.9 Å². The molecule has 1 aliphatic heterocycles. The van der Waals surface area contributed by atoms with Crippen molar-refractivity contribution in [2.75, 3.05) is 20.8 Å². The number of benzene rings is 1. The number of carbonyl (C=O) groups excluding carboxylic acids is 1. The number of rotatable bonds is 4. The van der Waals surface area contributed by atoms with Crippen LogP contribution in [0.4, 0.5) is 14.5 Å². The van der Waals surface area contributed by atoms with Crippen LogP contribution >= 0.6 is 0 Å². The molecule has 1 aromatic carbocycles. The van der Waals surface area contributed by atoms with Gasteiger partial charge >= 0.3 is 0 Å².